The van der Waals surface area contributed by atoms with Crippen molar-refractivity contribution < 1.29 is 0 Å². The summed E-state index contributed by atoms with van der Waals surface area (Å²) in [4.78, 5) is 0. The third-order valence-corrected chi connectivity index (χ3v) is 9.42. The lowest BCUT2D eigenvalue weighted by atomic mass is 9.87. The summed E-state index contributed by atoms with van der Waals surface area (Å²) >= 11 is 0. The van der Waals surface area contributed by atoms with Crippen molar-refractivity contribution in [2.45, 2.75) is 90.8 Å². The van der Waals surface area contributed by atoms with Gasteiger partial charge in [0.1, 0.15) is 0 Å². The molecule has 0 aliphatic rings. The molecule has 156 valence electrons. The van der Waals surface area contributed by atoms with Gasteiger partial charge < -0.3 is 0 Å². The van der Waals surface area contributed by atoms with Crippen LogP contribution in [0.1, 0.15) is 82.9 Å². The average Bonchev–Trinajstić information content (AvgIpc) is 2.69. The zero-order valence-corrected chi connectivity index (χ0v) is 20.6. The van der Waals surface area contributed by atoms with E-state index in [0.717, 1.165) is 11.1 Å². The van der Waals surface area contributed by atoms with Gasteiger partial charge >= 0.3 is 0 Å². The van der Waals surface area contributed by atoms with Gasteiger partial charge in [0, 0.05) is 11.1 Å². The number of hydrogen-bond acceptors (Lipinski definition) is 0. The summed E-state index contributed by atoms with van der Waals surface area (Å²) in [5.41, 5.74) is 3.73. The number of unbranched alkanes of at least 4 members (excludes halogenated alkanes) is 5. The molecule has 2 aromatic carbocycles. The van der Waals surface area contributed by atoms with Crippen molar-refractivity contribution in [3.8, 4) is 11.8 Å². The monoisotopic (exact) mass is 404 g/mol. The van der Waals surface area contributed by atoms with Crippen LogP contribution in [0.5, 0.6) is 0 Å². The van der Waals surface area contributed by atoms with Gasteiger partial charge in [-0.3, -0.25) is 0 Å². The Hall–Kier alpha value is -1.78. The number of hydrogen-bond donors (Lipinski definition) is 0. The second-order valence-corrected chi connectivity index (χ2v) is 14.9. The molecule has 0 spiro atoms. The fourth-order valence-corrected chi connectivity index (χ4v) is 6.19. The van der Waals surface area contributed by atoms with Gasteiger partial charge in [-0.25, -0.2) is 0 Å². The molecule has 29 heavy (non-hydrogen) atoms. The van der Waals surface area contributed by atoms with Gasteiger partial charge in [-0.15, -0.1) is 0 Å². The predicted molar refractivity (Wildman–Crippen MR) is 133 cm³/mol. The molecule has 0 atom stereocenters. The van der Waals surface area contributed by atoms with Crippen LogP contribution >= 0.6 is 0 Å². The van der Waals surface area contributed by atoms with Crippen LogP contribution in [0.3, 0.4) is 0 Å². The normalized spacial score (nSPS) is 11.8. The molecular formula is C28H40Si. The molecular weight excluding hydrogens is 364 g/mol. The highest BCUT2D eigenvalue weighted by Crippen LogP contribution is 2.22. The van der Waals surface area contributed by atoms with Crippen molar-refractivity contribution in [3.63, 3.8) is 0 Å². The first-order valence-corrected chi connectivity index (χ1v) is 14.7. The molecule has 2 aromatic rings. The Morgan fingerprint density at radius 3 is 1.69 bits per heavy atom. The second kappa shape index (κ2) is 10.8. The topological polar surface area (TPSA) is 0 Å². The maximum Gasteiger partial charge on any atom is 0.0806 e. The lowest BCUT2D eigenvalue weighted by Crippen LogP contribution is -2.40. The Morgan fingerprint density at radius 1 is 0.690 bits per heavy atom. The molecule has 0 amide bonds. The van der Waals surface area contributed by atoms with Crippen molar-refractivity contribution >= 4 is 13.3 Å². The Morgan fingerprint density at radius 2 is 1.17 bits per heavy atom. The van der Waals surface area contributed by atoms with E-state index in [1.54, 1.807) is 5.19 Å². The summed E-state index contributed by atoms with van der Waals surface area (Å²) in [6.45, 7) is 14.0. The highest BCUT2D eigenvalue weighted by Gasteiger charge is 2.22. The first-order chi connectivity index (χ1) is 13.7. The zero-order valence-electron chi connectivity index (χ0n) is 19.6. The van der Waals surface area contributed by atoms with Crippen molar-refractivity contribution in [2.24, 2.45) is 0 Å². The summed E-state index contributed by atoms with van der Waals surface area (Å²) in [6, 6.07) is 19.1. The Balaban J connectivity index is 1.93. The van der Waals surface area contributed by atoms with Gasteiger partial charge in [-0.1, -0.05) is 127 Å². The molecule has 2 rings (SSSR count). The molecule has 0 bridgehead atoms. The van der Waals surface area contributed by atoms with Crippen LogP contribution in [-0.2, 0) is 5.41 Å². The second-order valence-electron chi connectivity index (χ2n) is 10.1. The van der Waals surface area contributed by atoms with Gasteiger partial charge in [0.05, 0.1) is 8.07 Å². The van der Waals surface area contributed by atoms with E-state index in [9.17, 15) is 0 Å². The highest BCUT2D eigenvalue weighted by molar-refractivity contribution is 6.89. The maximum atomic E-state index is 3.34. The smallest absolute Gasteiger partial charge is 0.0654 e. The summed E-state index contributed by atoms with van der Waals surface area (Å²) in [5, 5.41) is 1.56. The van der Waals surface area contributed by atoms with Gasteiger partial charge in [0.15, 0.2) is 0 Å². The molecule has 0 unspecified atom stereocenters. The van der Waals surface area contributed by atoms with E-state index < -0.39 is 8.07 Å². The summed E-state index contributed by atoms with van der Waals surface area (Å²) in [6.07, 6.45) is 8.32. The van der Waals surface area contributed by atoms with E-state index in [0.29, 0.717) is 0 Å². The minimum absolute atomic E-state index is 0.188. The summed E-state index contributed by atoms with van der Waals surface area (Å²) in [7, 11) is -1.33. The number of rotatable bonds is 8. The van der Waals surface area contributed by atoms with E-state index in [1.165, 1.54) is 50.1 Å². The molecule has 1 heteroatoms. The van der Waals surface area contributed by atoms with Crippen LogP contribution in [0.4, 0.5) is 0 Å². The van der Waals surface area contributed by atoms with E-state index in [4.69, 9.17) is 0 Å². The van der Waals surface area contributed by atoms with Crippen LogP contribution in [0, 0.1) is 11.8 Å². The molecule has 0 saturated heterocycles. The average molecular weight is 405 g/mol. The minimum atomic E-state index is -1.33. The molecule has 0 fully saturated rings. The quantitative estimate of drug-likeness (QED) is 0.241. The van der Waals surface area contributed by atoms with Crippen LogP contribution in [-0.4, -0.2) is 8.07 Å². The van der Waals surface area contributed by atoms with Crippen molar-refractivity contribution in [1.82, 2.24) is 0 Å². The molecule has 0 aliphatic carbocycles. The molecule has 0 radical (unpaired) electrons. The molecule has 0 heterocycles. The standard InChI is InChI=1S/C28H40Si/c1-7-8-9-10-11-12-23-29(5,6)27-21-17-25(18-22-27)14-13-24-15-19-26(20-16-24)28(2,3)4/h15-22H,7-12,23H2,1-6H3. The first kappa shape index (κ1) is 23.5. The van der Waals surface area contributed by atoms with Gasteiger partial charge in [0.25, 0.3) is 0 Å². The van der Waals surface area contributed by atoms with Gasteiger partial charge in [-0.2, -0.15) is 0 Å². The van der Waals surface area contributed by atoms with E-state index in [2.05, 4.69) is 101 Å². The zero-order chi connectivity index (χ0) is 21.3. The van der Waals surface area contributed by atoms with Gasteiger partial charge in [-0.05, 0) is 35.2 Å². The lowest BCUT2D eigenvalue weighted by molar-refractivity contribution is 0.590. The van der Waals surface area contributed by atoms with Crippen molar-refractivity contribution in [2.75, 3.05) is 0 Å². The van der Waals surface area contributed by atoms with E-state index >= 15 is 0 Å². The molecule has 0 saturated carbocycles. The Labute approximate surface area is 181 Å². The van der Waals surface area contributed by atoms with Crippen molar-refractivity contribution in [1.29, 1.82) is 0 Å². The Kier molecular flexibility index (Phi) is 8.78. The van der Waals surface area contributed by atoms with Crippen LogP contribution in [0.25, 0.3) is 0 Å². The SMILES string of the molecule is CCCCCCCC[Si](C)(C)c1ccc(C#Cc2ccc(C(C)(C)C)cc2)cc1. The first-order valence-electron chi connectivity index (χ1n) is 11.5. The largest absolute Gasteiger partial charge is 0.0806 e. The van der Waals surface area contributed by atoms with Crippen molar-refractivity contribution in [3.05, 3.63) is 65.2 Å². The fourth-order valence-electron chi connectivity index (χ4n) is 3.69. The lowest BCUT2D eigenvalue weighted by Gasteiger charge is -2.23. The fraction of sp³-hybridized carbons (Fsp3) is 0.500. The van der Waals surface area contributed by atoms with Crippen LogP contribution < -0.4 is 5.19 Å². The summed E-state index contributed by atoms with van der Waals surface area (Å²) < 4.78 is 0. The van der Waals surface area contributed by atoms with Crippen LogP contribution in [0.2, 0.25) is 19.1 Å². The van der Waals surface area contributed by atoms with Crippen LogP contribution in [0.15, 0.2) is 48.5 Å². The third-order valence-electron chi connectivity index (χ3n) is 5.92. The molecule has 0 aliphatic heterocycles. The van der Waals surface area contributed by atoms with E-state index in [1.807, 2.05) is 0 Å². The van der Waals surface area contributed by atoms with E-state index in [-0.39, 0.29) is 5.41 Å². The molecule has 0 aromatic heterocycles. The Bertz CT molecular complexity index is 793. The maximum absolute atomic E-state index is 3.34. The molecule has 0 N–H and O–H groups in total. The van der Waals surface area contributed by atoms with Gasteiger partial charge in [0.2, 0.25) is 0 Å². The summed E-state index contributed by atoms with van der Waals surface area (Å²) in [5.74, 6) is 6.65. The minimum Gasteiger partial charge on any atom is -0.0654 e. The highest BCUT2D eigenvalue weighted by atomic mass is 28.3. The third kappa shape index (κ3) is 7.86. The number of benzene rings is 2. The predicted octanol–water partition coefficient (Wildman–Crippen LogP) is 7.66. The molecule has 0 nitrogen and oxygen atoms in total.